The molecule has 4 atom stereocenters. The fraction of sp³-hybridized carbons (Fsp3) is 0.432. The van der Waals surface area contributed by atoms with Gasteiger partial charge in [0.2, 0.25) is 5.95 Å². The molecule has 2 aromatic carbocycles. The van der Waals surface area contributed by atoms with Crippen molar-refractivity contribution in [3.8, 4) is 11.3 Å². The van der Waals surface area contributed by atoms with E-state index in [9.17, 15) is 8.78 Å². The van der Waals surface area contributed by atoms with Gasteiger partial charge in [-0.15, -0.1) is 0 Å². The van der Waals surface area contributed by atoms with Gasteiger partial charge in [-0.3, -0.25) is 14.6 Å². The van der Waals surface area contributed by atoms with Gasteiger partial charge in [-0.1, -0.05) is 32.6 Å². The van der Waals surface area contributed by atoms with E-state index in [2.05, 4.69) is 80.1 Å². The predicted octanol–water partition coefficient (Wildman–Crippen LogP) is 8.16. The van der Waals surface area contributed by atoms with Gasteiger partial charge in [-0.05, 0) is 86.9 Å². The minimum atomic E-state index is -0.531. The predicted molar refractivity (Wildman–Crippen MR) is 215 cm³/mol. The summed E-state index contributed by atoms with van der Waals surface area (Å²) in [6.07, 6.45) is 8.40. The molecule has 286 valence electrons. The first kappa shape index (κ1) is 35.7. The summed E-state index contributed by atoms with van der Waals surface area (Å²) in [7, 11) is 2.03. The lowest BCUT2D eigenvalue weighted by atomic mass is 9.84. The molecular weight excluding hydrogens is 693 g/mol. The SMILES string of the molecule is C=C1Nc2nc3ccc(CN4CC5CC(C4)N5C(=C)C4CCN(c5cc(F)cc(F)c5)C4)cc3n2C[C@H](C)CCCCc2c(cnn2C)-c2cc1cc(C)n2. The molecule has 4 saturated heterocycles. The van der Waals surface area contributed by atoms with Crippen molar-refractivity contribution in [1.82, 2.24) is 34.1 Å². The number of piperidine rings is 1. The Hall–Kier alpha value is -5.03. The molecule has 1 N–H and O–H groups in total. The number of anilines is 2. The van der Waals surface area contributed by atoms with Crippen molar-refractivity contribution in [3.63, 3.8) is 0 Å². The van der Waals surface area contributed by atoms with E-state index in [0.29, 0.717) is 23.7 Å². The monoisotopic (exact) mass is 743 g/mol. The van der Waals surface area contributed by atoms with Gasteiger partial charge >= 0.3 is 0 Å². The second kappa shape index (κ2) is 14.2. The van der Waals surface area contributed by atoms with Crippen LogP contribution >= 0.6 is 0 Å². The number of hydrogen-bond acceptors (Lipinski definition) is 7. The molecule has 8 heterocycles. The highest BCUT2D eigenvalue weighted by atomic mass is 19.1. The standard InChI is InChI=1S/C44H51F2N9/c1-27-8-6-7-9-42-39(21-47-51(42)5)41-16-33(14-28(2)48-41)29(3)49-44-50-40-11-10-31(15-43(40)54(44)22-27)23-52-25-37-20-38(26-52)55(37)30(4)32-12-13-53(24-32)36-18-34(45)17-35(46)19-36/h10-11,14-19,21,27,32,37-38H,3-4,6-9,12-13,20,22-26H2,1-2,5H3,(H,49,50)/t27-,32?,37?,38?/m1/s1. The van der Waals surface area contributed by atoms with Gasteiger partial charge in [0, 0.05) is 110 Å². The Bertz CT molecular complexity index is 2260. The van der Waals surface area contributed by atoms with Crippen molar-refractivity contribution in [1.29, 1.82) is 0 Å². The normalized spacial score (nSPS) is 23.1. The molecule has 5 aliphatic heterocycles. The summed E-state index contributed by atoms with van der Waals surface area (Å²) >= 11 is 0. The van der Waals surface area contributed by atoms with Crippen LogP contribution < -0.4 is 10.2 Å². The Kier molecular flexibility index (Phi) is 9.23. The molecule has 3 unspecified atom stereocenters. The van der Waals surface area contributed by atoms with Crippen LogP contribution in [0.15, 0.2) is 73.6 Å². The summed E-state index contributed by atoms with van der Waals surface area (Å²) in [4.78, 5) is 17.3. The summed E-state index contributed by atoms with van der Waals surface area (Å²) in [5.74, 6) is 0.510. The molecule has 55 heavy (non-hydrogen) atoms. The number of fused-ring (bicyclic) bond motifs is 9. The van der Waals surface area contributed by atoms with Crippen LogP contribution in [0.4, 0.5) is 20.4 Å². The summed E-state index contributed by atoms with van der Waals surface area (Å²) in [6.45, 7) is 18.7. The summed E-state index contributed by atoms with van der Waals surface area (Å²) in [5.41, 5.74) is 11.2. The highest BCUT2D eigenvalue weighted by molar-refractivity contribution is 5.83. The number of pyridine rings is 1. The lowest BCUT2D eigenvalue weighted by Gasteiger charge is -2.59. The van der Waals surface area contributed by atoms with Crippen LogP contribution in [0.25, 0.3) is 28.0 Å². The van der Waals surface area contributed by atoms with E-state index in [1.165, 1.54) is 35.5 Å². The molecule has 0 aliphatic carbocycles. The molecule has 0 saturated carbocycles. The minimum Gasteiger partial charge on any atom is -0.371 e. The average Bonchev–Trinajstić information content (AvgIpc) is 3.87. The number of aryl methyl sites for hydroxylation is 2. The van der Waals surface area contributed by atoms with Crippen LogP contribution in [0.1, 0.15) is 61.5 Å². The maximum absolute atomic E-state index is 13.9. The molecule has 4 bridgehead atoms. The van der Waals surface area contributed by atoms with Gasteiger partial charge < -0.3 is 19.7 Å². The first-order valence-corrected chi connectivity index (χ1v) is 19.9. The zero-order valence-electron chi connectivity index (χ0n) is 32.2. The average molecular weight is 744 g/mol. The molecule has 3 aromatic heterocycles. The van der Waals surface area contributed by atoms with Crippen LogP contribution in [0.2, 0.25) is 0 Å². The first-order chi connectivity index (χ1) is 26.6. The van der Waals surface area contributed by atoms with Gasteiger partial charge in [0.05, 0.1) is 22.9 Å². The van der Waals surface area contributed by atoms with Crippen LogP contribution in [-0.2, 0) is 26.6 Å². The number of nitrogens with one attached hydrogen (secondary N) is 1. The maximum atomic E-state index is 13.9. The van der Waals surface area contributed by atoms with Crippen LogP contribution in [-0.4, -0.2) is 72.4 Å². The van der Waals surface area contributed by atoms with Gasteiger partial charge in [0.15, 0.2) is 0 Å². The quantitative estimate of drug-likeness (QED) is 0.195. The summed E-state index contributed by atoms with van der Waals surface area (Å²) in [6, 6.07) is 15.6. The Labute approximate surface area is 322 Å². The second-order valence-corrected chi connectivity index (χ2v) is 16.5. The number of benzene rings is 2. The minimum absolute atomic E-state index is 0.290. The largest absolute Gasteiger partial charge is 0.371 e. The zero-order chi connectivity index (χ0) is 38.0. The Morgan fingerprint density at radius 1 is 0.945 bits per heavy atom. The van der Waals surface area contributed by atoms with E-state index in [0.717, 1.165) is 123 Å². The number of nitrogens with zero attached hydrogens (tertiary/aromatic N) is 8. The van der Waals surface area contributed by atoms with Gasteiger partial charge in [-0.25, -0.2) is 13.8 Å². The lowest BCUT2D eigenvalue weighted by molar-refractivity contribution is -0.0526. The van der Waals surface area contributed by atoms with Crippen molar-refractivity contribution in [2.45, 2.75) is 77.5 Å². The van der Waals surface area contributed by atoms with E-state index in [1.54, 1.807) is 0 Å². The fourth-order valence-electron chi connectivity index (χ4n) is 9.65. The molecule has 4 fully saturated rings. The Morgan fingerprint density at radius 2 is 1.75 bits per heavy atom. The fourth-order valence-corrected chi connectivity index (χ4v) is 9.65. The van der Waals surface area contributed by atoms with Gasteiger partial charge in [-0.2, -0.15) is 5.10 Å². The molecule has 5 aromatic rings. The number of aromatic nitrogens is 5. The molecule has 5 aliphatic rings. The second-order valence-electron chi connectivity index (χ2n) is 16.5. The van der Waals surface area contributed by atoms with Crippen LogP contribution in [0.3, 0.4) is 0 Å². The molecule has 9 nitrogen and oxygen atoms in total. The first-order valence-electron chi connectivity index (χ1n) is 19.9. The highest BCUT2D eigenvalue weighted by Gasteiger charge is 2.46. The van der Waals surface area contributed by atoms with Gasteiger partial charge in [0.25, 0.3) is 0 Å². The summed E-state index contributed by atoms with van der Waals surface area (Å²) in [5, 5.41) is 8.22. The number of imidazole rings is 1. The lowest BCUT2D eigenvalue weighted by Crippen LogP contribution is -2.68. The van der Waals surface area contributed by atoms with Crippen molar-refractivity contribution in [2.24, 2.45) is 18.9 Å². The molecule has 11 heteroatoms. The Balaban J connectivity index is 0.910. The number of halogens is 2. The molecule has 0 radical (unpaired) electrons. The zero-order valence-corrected chi connectivity index (χ0v) is 32.2. The van der Waals surface area contributed by atoms with Gasteiger partial charge in [0.1, 0.15) is 11.6 Å². The van der Waals surface area contributed by atoms with Crippen molar-refractivity contribution < 1.29 is 8.78 Å². The molecular formula is C44H51F2N9. The van der Waals surface area contributed by atoms with E-state index in [-0.39, 0.29) is 5.92 Å². The molecule has 10 rings (SSSR count). The van der Waals surface area contributed by atoms with Crippen LogP contribution in [0.5, 0.6) is 0 Å². The third kappa shape index (κ3) is 6.92. The van der Waals surface area contributed by atoms with E-state index >= 15 is 0 Å². The molecule has 0 amide bonds. The van der Waals surface area contributed by atoms with E-state index < -0.39 is 11.6 Å². The van der Waals surface area contributed by atoms with Crippen molar-refractivity contribution in [2.75, 3.05) is 36.4 Å². The number of piperazine rings is 1. The topological polar surface area (TPSA) is 70.3 Å². The molecule has 0 spiro atoms. The third-order valence-corrected chi connectivity index (χ3v) is 12.4. The van der Waals surface area contributed by atoms with Crippen LogP contribution in [0, 0.1) is 30.4 Å². The highest BCUT2D eigenvalue weighted by Crippen LogP contribution is 2.41. The third-order valence-electron chi connectivity index (χ3n) is 12.4. The maximum Gasteiger partial charge on any atom is 0.208 e. The summed E-state index contributed by atoms with van der Waals surface area (Å²) < 4.78 is 32.2. The van der Waals surface area contributed by atoms with E-state index in [4.69, 9.17) is 9.97 Å². The van der Waals surface area contributed by atoms with Crippen molar-refractivity contribution in [3.05, 3.63) is 108 Å². The number of hydrogen-bond donors (Lipinski definition) is 1. The van der Waals surface area contributed by atoms with E-state index in [1.807, 2.05) is 24.9 Å². The smallest absolute Gasteiger partial charge is 0.208 e. The number of rotatable bonds is 5. The van der Waals surface area contributed by atoms with Crippen molar-refractivity contribution >= 4 is 28.4 Å². The Morgan fingerprint density at radius 3 is 2.55 bits per heavy atom.